The zero-order chi connectivity index (χ0) is 13.4. The Morgan fingerprint density at radius 1 is 1.24 bits per heavy atom. The Labute approximate surface area is 99.7 Å². The summed E-state index contributed by atoms with van der Waals surface area (Å²) in [6.45, 7) is 5.78. The number of nitrogens with zero attached hydrogens (tertiary/aromatic N) is 2. The van der Waals surface area contributed by atoms with Crippen LogP contribution in [-0.4, -0.2) is 14.9 Å². The zero-order valence-corrected chi connectivity index (χ0v) is 10.9. The summed E-state index contributed by atoms with van der Waals surface area (Å²) in [7, 11) is 2.90. The lowest BCUT2D eigenvalue weighted by Crippen LogP contribution is -2.40. The van der Waals surface area contributed by atoms with Crippen LogP contribution in [0.1, 0.15) is 37.6 Å². The minimum atomic E-state index is -0.526. The van der Waals surface area contributed by atoms with Crippen LogP contribution in [0, 0.1) is 5.41 Å². The van der Waals surface area contributed by atoms with E-state index in [2.05, 4.69) is 0 Å². The number of aromatic nitrogens is 2. The van der Waals surface area contributed by atoms with Gasteiger partial charge in [-0.1, -0.05) is 20.8 Å². The highest BCUT2D eigenvalue weighted by atomic mass is 16.2. The van der Waals surface area contributed by atoms with Crippen molar-refractivity contribution in [2.24, 2.45) is 19.5 Å². The van der Waals surface area contributed by atoms with Crippen LogP contribution in [0.3, 0.4) is 0 Å². The van der Waals surface area contributed by atoms with Gasteiger partial charge < -0.3 is 4.57 Å². The molecule has 0 fully saturated rings. The van der Waals surface area contributed by atoms with E-state index in [1.165, 1.54) is 24.9 Å². The van der Waals surface area contributed by atoms with Gasteiger partial charge in [0.15, 0.2) is 5.78 Å². The molecule has 0 atom stereocenters. The third-order valence-electron chi connectivity index (χ3n) is 2.44. The largest absolute Gasteiger partial charge is 0.330 e. The van der Waals surface area contributed by atoms with Crippen LogP contribution in [0.5, 0.6) is 0 Å². The number of carbonyl (C=O) groups is 1. The second-order valence-corrected chi connectivity index (χ2v) is 5.46. The minimum Gasteiger partial charge on any atom is -0.303 e. The predicted octanol–water partition coefficient (Wildman–Crippen LogP) is 0.703. The lowest BCUT2D eigenvalue weighted by Gasteiger charge is -2.16. The molecule has 0 saturated carbocycles. The van der Waals surface area contributed by atoms with Gasteiger partial charge in [0.25, 0.3) is 5.56 Å². The Balaban J connectivity index is 3.30. The molecule has 0 amide bonds. The second-order valence-electron chi connectivity index (χ2n) is 5.46. The van der Waals surface area contributed by atoms with E-state index < -0.39 is 11.2 Å². The van der Waals surface area contributed by atoms with Gasteiger partial charge in [-0.2, -0.15) is 0 Å². The Bertz CT molecular complexity index is 559. The Kier molecular flexibility index (Phi) is 3.40. The number of Topliss-reactive ketones (excluding diaryl/α,β-unsaturated/α-hetero) is 1. The minimum absolute atomic E-state index is 0.0736. The van der Waals surface area contributed by atoms with E-state index in [1.807, 2.05) is 20.8 Å². The number of hydrogen-bond donors (Lipinski definition) is 0. The summed E-state index contributed by atoms with van der Waals surface area (Å²) in [6.07, 6.45) is 1.60. The fourth-order valence-electron chi connectivity index (χ4n) is 1.58. The maximum absolute atomic E-state index is 12.0. The molecule has 0 aliphatic carbocycles. The van der Waals surface area contributed by atoms with Crippen molar-refractivity contribution in [1.29, 1.82) is 0 Å². The summed E-state index contributed by atoms with van der Waals surface area (Å²) >= 11 is 0. The molecular weight excluding hydrogens is 220 g/mol. The molecule has 0 aliphatic heterocycles. The van der Waals surface area contributed by atoms with Crippen LogP contribution in [0.25, 0.3) is 0 Å². The SMILES string of the molecule is Cn1cc(C(=O)CC(C)(C)C)c(=O)n(C)c1=O. The van der Waals surface area contributed by atoms with Gasteiger partial charge >= 0.3 is 5.69 Å². The average Bonchev–Trinajstić information content (AvgIpc) is 2.17. The number of ketones is 1. The highest BCUT2D eigenvalue weighted by Crippen LogP contribution is 2.20. The highest BCUT2D eigenvalue weighted by Gasteiger charge is 2.21. The standard InChI is InChI=1S/C12H18N2O3/c1-12(2,3)6-9(15)8-7-13(4)11(17)14(5)10(8)16/h7H,6H2,1-5H3. The van der Waals surface area contributed by atoms with Gasteiger partial charge in [0, 0.05) is 26.7 Å². The molecule has 1 aromatic rings. The van der Waals surface area contributed by atoms with Crippen molar-refractivity contribution in [1.82, 2.24) is 9.13 Å². The first-order valence-electron chi connectivity index (χ1n) is 5.43. The maximum Gasteiger partial charge on any atom is 0.330 e. The lowest BCUT2D eigenvalue weighted by atomic mass is 9.88. The smallest absolute Gasteiger partial charge is 0.303 e. The molecule has 0 unspecified atom stereocenters. The van der Waals surface area contributed by atoms with Crippen LogP contribution in [-0.2, 0) is 14.1 Å². The summed E-state index contributed by atoms with van der Waals surface area (Å²) in [5.41, 5.74) is -1.06. The lowest BCUT2D eigenvalue weighted by molar-refractivity contribution is 0.0936. The number of rotatable bonds is 2. The summed E-state index contributed by atoms with van der Waals surface area (Å²) < 4.78 is 2.20. The van der Waals surface area contributed by atoms with E-state index in [9.17, 15) is 14.4 Å². The quantitative estimate of drug-likeness (QED) is 0.713. The number of hydrogen-bond acceptors (Lipinski definition) is 3. The van der Waals surface area contributed by atoms with Gasteiger partial charge in [0.1, 0.15) is 0 Å². The molecule has 0 spiro atoms. The van der Waals surface area contributed by atoms with E-state index in [0.29, 0.717) is 0 Å². The fourth-order valence-corrected chi connectivity index (χ4v) is 1.58. The molecule has 94 valence electrons. The molecule has 0 aliphatic rings. The summed E-state index contributed by atoms with van der Waals surface area (Å²) in [5, 5.41) is 0. The fraction of sp³-hybridized carbons (Fsp3) is 0.583. The van der Waals surface area contributed by atoms with Crippen molar-refractivity contribution in [3.05, 3.63) is 32.6 Å². The molecule has 1 aromatic heterocycles. The van der Waals surface area contributed by atoms with E-state index in [-0.39, 0.29) is 23.2 Å². The van der Waals surface area contributed by atoms with Crippen molar-refractivity contribution < 1.29 is 4.79 Å². The van der Waals surface area contributed by atoms with Crippen molar-refractivity contribution in [3.63, 3.8) is 0 Å². The van der Waals surface area contributed by atoms with E-state index >= 15 is 0 Å². The van der Waals surface area contributed by atoms with E-state index in [4.69, 9.17) is 0 Å². The normalized spacial score (nSPS) is 11.6. The third-order valence-corrected chi connectivity index (χ3v) is 2.44. The molecular formula is C12H18N2O3. The number of aryl methyl sites for hydroxylation is 1. The second kappa shape index (κ2) is 4.31. The molecule has 5 heteroatoms. The molecule has 0 N–H and O–H groups in total. The molecule has 0 bridgehead atoms. The number of carbonyl (C=O) groups excluding carboxylic acids is 1. The van der Waals surface area contributed by atoms with E-state index in [0.717, 1.165) is 4.57 Å². The predicted molar refractivity (Wildman–Crippen MR) is 65.3 cm³/mol. The molecule has 1 heterocycles. The Hall–Kier alpha value is -1.65. The molecule has 5 nitrogen and oxygen atoms in total. The first-order valence-corrected chi connectivity index (χ1v) is 5.43. The highest BCUT2D eigenvalue weighted by molar-refractivity contribution is 5.95. The van der Waals surface area contributed by atoms with Crippen molar-refractivity contribution >= 4 is 5.78 Å². The molecule has 17 heavy (non-hydrogen) atoms. The molecule has 1 rings (SSSR count). The van der Waals surface area contributed by atoms with Crippen LogP contribution in [0.4, 0.5) is 0 Å². The Morgan fingerprint density at radius 2 is 1.76 bits per heavy atom. The first-order chi connectivity index (χ1) is 7.63. The topological polar surface area (TPSA) is 61.1 Å². The summed E-state index contributed by atoms with van der Waals surface area (Å²) in [6, 6.07) is 0. The van der Waals surface area contributed by atoms with Gasteiger partial charge in [-0.15, -0.1) is 0 Å². The average molecular weight is 238 g/mol. The van der Waals surface area contributed by atoms with Crippen LogP contribution >= 0.6 is 0 Å². The van der Waals surface area contributed by atoms with Crippen LogP contribution in [0.15, 0.2) is 15.8 Å². The first kappa shape index (κ1) is 13.4. The maximum atomic E-state index is 12.0. The molecule has 0 aromatic carbocycles. The summed E-state index contributed by atoms with van der Waals surface area (Å²) in [5.74, 6) is -0.228. The van der Waals surface area contributed by atoms with Gasteiger partial charge in [-0.25, -0.2) is 4.79 Å². The van der Waals surface area contributed by atoms with Gasteiger partial charge in [0.2, 0.25) is 0 Å². The zero-order valence-electron chi connectivity index (χ0n) is 10.9. The Morgan fingerprint density at radius 3 is 2.24 bits per heavy atom. The van der Waals surface area contributed by atoms with Crippen molar-refractivity contribution in [3.8, 4) is 0 Å². The summed E-state index contributed by atoms with van der Waals surface area (Å²) in [4.78, 5) is 35.2. The molecule has 0 saturated heterocycles. The molecule has 0 radical (unpaired) electrons. The monoisotopic (exact) mass is 238 g/mol. The van der Waals surface area contributed by atoms with Gasteiger partial charge in [-0.05, 0) is 5.41 Å². The van der Waals surface area contributed by atoms with Gasteiger partial charge in [0.05, 0.1) is 5.56 Å². The van der Waals surface area contributed by atoms with Crippen molar-refractivity contribution in [2.75, 3.05) is 0 Å². The van der Waals surface area contributed by atoms with Crippen molar-refractivity contribution in [2.45, 2.75) is 27.2 Å². The van der Waals surface area contributed by atoms with Gasteiger partial charge in [-0.3, -0.25) is 14.2 Å². The van der Waals surface area contributed by atoms with Crippen LogP contribution < -0.4 is 11.2 Å². The van der Waals surface area contributed by atoms with Crippen LogP contribution in [0.2, 0.25) is 0 Å². The van der Waals surface area contributed by atoms with E-state index in [1.54, 1.807) is 0 Å². The third kappa shape index (κ3) is 2.93.